The maximum absolute atomic E-state index is 12.3. The van der Waals surface area contributed by atoms with E-state index in [0.29, 0.717) is 19.0 Å². The van der Waals surface area contributed by atoms with Crippen molar-refractivity contribution in [2.24, 2.45) is 5.92 Å². The first-order valence-electron chi connectivity index (χ1n) is 7.82. The highest BCUT2D eigenvalue weighted by Gasteiger charge is 2.21. The summed E-state index contributed by atoms with van der Waals surface area (Å²) in [6.45, 7) is 3.13. The molecule has 2 rings (SSSR count). The molecule has 1 aromatic carbocycles. The van der Waals surface area contributed by atoms with E-state index < -0.39 is 0 Å². The van der Waals surface area contributed by atoms with Crippen LogP contribution in [0.4, 0.5) is 0 Å². The van der Waals surface area contributed by atoms with Gasteiger partial charge >= 0.3 is 0 Å². The van der Waals surface area contributed by atoms with E-state index in [1.54, 1.807) is 12.0 Å². The highest BCUT2D eigenvalue weighted by atomic mass is 16.5. The van der Waals surface area contributed by atoms with Crippen LogP contribution in [0, 0.1) is 5.92 Å². The smallest absolute Gasteiger partial charge is 0.236 e. The number of hydrogen-bond donors (Lipinski definition) is 1. The number of methoxy groups -OCH3 is 1. The number of ether oxygens (including phenoxy) is 1. The molecule has 0 spiro atoms. The molecule has 0 unspecified atom stereocenters. The molecule has 1 N–H and O–H groups in total. The van der Waals surface area contributed by atoms with Gasteiger partial charge in [0.25, 0.3) is 0 Å². The highest BCUT2D eigenvalue weighted by molar-refractivity contribution is 5.78. The number of likely N-dealkylation sites (N-methyl/N-ethyl adjacent to an activating group) is 1. The van der Waals surface area contributed by atoms with Gasteiger partial charge in [-0.25, -0.2) is 0 Å². The van der Waals surface area contributed by atoms with Crippen LogP contribution in [0.3, 0.4) is 0 Å². The summed E-state index contributed by atoms with van der Waals surface area (Å²) < 4.78 is 5.13. The van der Waals surface area contributed by atoms with Crippen molar-refractivity contribution in [3.8, 4) is 5.75 Å². The Morgan fingerprint density at radius 1 is 1.32 bits per heavy atom. The summed E-state index contributed by atoms with van der Waals surface area (Å²) in [5.41, 5.74) is 1.09. The summed E-state index contributed by atoms with van der Waals surface area (Å²) in [5.74, 6) is 1.37. The Bertz CT molecular complexity index is 467. The van der Waals surface area contributed by atoms with Crippen molar-refractivity contribution in [1.82, 2.24) is 9.80 Å². The molecule has 0 atom stereocenters. The van der Waals surface area contributed by atoms with Crippen molar-refractivity contribution in [2.75, 3.05) is 40.4 Å². The Morgan fingerprint density at radius 2 is 1.95 bits per heavy atom. The first kappa shape index (κ1) is 16.8. The summed E-state index contributed by atoms with van der Waals surface area (Å²) in [5, 5.41) is 9.15. The van der Waals surface area contributed by atoms with Crippen molar-refractivity contribution >= 4 is 5.91 Å². The van der Waals surface area contributed by atoms with E-state index in [0.717, 1.165) is 37.2 Å². The van der Waals surface area contributed by atoms with Crippen molar-refractivity contribution in [1.29, 1.82) is 0 Å². The third-order valence-corrected chi connectivity index (χ3v) is 4.33. The summed E-state index contributed by atoms with van der Waals surface area (Å²) in [4.78, 5) is 16.2. The van der Waals surface area contributed by atoms with Gasteiger partial charge in [0.2, 0.25) is 5.91 Å². The van der Waals surface area contributed by atoms with E-state index in [1.165, 1.54) is 0 Å². The number of hydrogen-bond acceptors (Lipinski definition) is 4. The zero-order valence-corrected chi connectivity index (χ0v) is 13.5. The number of carbonyl (C=O) groups excluding carboxylic acids is 1. The van der Waals surface area contributed by atoms with E-state index in [9.17, 15) is 4.79 Å². The summed E-state index contributed by atoms with van der Waals surface area (Å²) >= 11 is 0. The van der Waals surface area contributed by atoms with Crippen molar-refractivity contribution in [2.45, 2.75) is 19.4 Å². The Balaban J connectivity index is 1.79. The molecule has 1 aliphatic rings. The molecule has 0 aliphatic carbocycles. The fraction of sp³-hybridized carbons (Fsp3) is 0.588. The molecule has 0 aromatic heterocycles. The van der Waals surface area contributed by atoms with Gasteiger partial charge in [0.05, 0.1) is 13.7 Å². The zero-order chi connectivity index (χ0) is 15.9. The number of amides is 1. The number of aliphatic hydroxyl groups excluding tert-OH is 1. The maximum atomic E-state index is 12.3. The minimum absolute atomic E-state index is 0.137. The van der Waals surface area contributed by atoms with Gasteiger partial charge in [-0.2, -0.15) is 0 Å². The zero-order valence-electron chi connectivity index (χ0n) is 13.5. The van der Waals surface area contributed by atoms with Gasteiger partial charge in [-0.15, -0.1) is 0 Å². The second-order valence-electron chi connectivity index (χ2n) is 6.00. The molecule has 0 bridgehead atoms. The normalized spacial score (nSPS) is 16.5. The topological polar surface area (TPSA) is 53.0 Å². The minimum atomic E-state index is 0.137. The number of nitrogens with zero attached hydrogens (tertiary/aromatic N) is 2. The lowest BCUT2D eigenvalue weighted by molar-refractivity contribution is -0.132. The molecule has 1 fully saturated rings. The third-order valence-electron chi connectivity index (χ3n) is 4.33. The van der Waals surface area contributed by atoms with Crippen LogP contribution in [0.1, 0.15) is 18.4 Å². The fourth-order valence-electron chi connectivity index (χ4n) is 2.73. The van der Waals surface area contributed by atoms with E-state index in [4.69, 9.17) is 9.84 Å². The lowest BCUT2D eigenvalue weighted by Crippen LogP contribution is -2.42. The summed E-state index contributed by atoms with van der Waals surface area (Å²) in [7, 11) is 3.48. The van der Waals surface area contributed by atoms with Gasteiger partial charge in [-0.05, 0) is 49.5 Å². The quantitative estimate of drug-likeness (QED) is 0.862. The van der Waals surface area contributed by atoms with Crippen molar-refractivity contribution in [3.63, 3.8) is 0 Å². The van der Waals surface area contributed by atoms with Crippen LogP contribution in [0.5, 0.6) is 5.75 Å². The lowest BCUT2D eigenvalue weighted by Gasteiger charge is -2.31. The number of carbonyl (C=O) groups is 1. The van der Waals surface area contributed by atoms with Gasteiger partial charge in [0.15, 0.2) is 0 Å². The van der Waals surface area contributed by atoms with E-state index in [1.807, 2.05) is 31.3 Å². The molecule has 122 valence electrons. The van der Waals surface area contributed by atoms with Crippen LogP contribution in [0.2, 0.25) is 0 Å². The first-order valence-corrected chi connectivity index (χ1v) is 7.82. The fourth-order valence-corrected chi connectivity index (χ4v) is 2.73. The molecule has 5 nitrogen and oxygen atoms in total. The Labute approximate surface area is 132 Å². The predicted molar refractivity (Wildman–Crippen MR) is 85.7 cm³/mol. The Hall–Kier alpha value is -1.59. The molecule has 1 amide bonds. The minimum Gasteiger partial charge on any atom is -0.497 e. The SMILES string of the molecule is COc1ccc(CN(C)C(=O)CN2CCC(CO)CC2)cc1. The molecular weight excluding hydrogens is 280 g/mol. The molecule has 0 radical (unpaired) electrons. The standard InChI is InChI=1S/C17H26N2O3/c1-18(11-14-3-5-16(22-2)6-4-14)17(21)12-19-9-7-15(13-20)8-10-19/h3-6,15,20H,7-13H2,1-2H3. The van der Waals surface area contributed by atoms with Gasteiger partial charge < -0.3 is 14.7 Å². The lowest BCUT2D eigenvalue weighted by atomic mass is 9.98. The largest absolute Gasteiger partial charge is 0.497 e. The van der Waals surface area contributed by atoms with E-state index in [2.05, 4.69) is 4.90 Å². The number of aliphatic hydroxyl groups is 1. The second kappa shape index (κ2) is 8.15. The van der Waals surface area contributed by atoms with Crippen molar-refractivity contribution < 1.29 is 14.6 Å². The van der Waals surface area contributed by atoms with Gasteiger partial charge in [0, 0.05) is 20.2 Å². The monoisotopic (exact) mass is 306 g/mol. The van der Waals surface area contributed by atoms with Crippen LogP contribution < -0.4 is 4.74 Å². The van der Waals surface area contributed by atoms with Gasteiger partial charge in [-0.1, -0.05) is 12.1 Å². The maximum Gasteiger partial charge on any atom is 0.236 e. The summed E-state index contributed by atoms with van der Waals surface area (Å²) in [6.07, 6.45) is 1.96. The molecule has 5 heteroatoms. The van der Waals surface area contributed by atoms with Crippen LogP contribution in [0.15, 0.2) is 24.3 Å². The predicted octanol–water partition coefficient (Wildman–Crippen LogP) is 1.36. The molecule has 0 saturated carbocycles. The molecular formula is C17H26N2O3. The molecule has 1 aliphatic heterocycles. The van der Waals surface area contributed by atoms with Crippen molar-refractivity contribution in [3.05, 3.63) is 29.8 Å². The van der Waals surface area contributed by atoms with Crippen LogP contribution in [0.25, 0.3) is 0 Å². The Kier molecular flexibility index (Phi) is 6.21. The van der Waals surface area contributed by atoms with E-state index >= 15 is 0 Å². The average Bonchev–Trinajstić information content (AvgIpc) is 2.56. The van der Waals surface area contributed by atoms with Crippen LogP contribution in [-0.2, 0) is 11.3 Å². The average molecular weight is 306 g/mol. The molecule has 1 saturated heterocycles. The van der Waals surface area contributed by atoms with Gasteiger partial charge in [0.1, 0.15) is 5.75 Å². The van der Waals surface area contributed by atoms with Gasteiger partial charge in [-0.3, -0.25) is 9.69 Å². The number of likely N-dealkylation sites (tertiary alicyclic amines) is 1. The second-order valence-corrected chi connectivity index (χ2v) is 6.00. The molecule has 22 heavy (non-hydrogen) atoms. The number of rotatable bonds is 6. The van der Waals surface area contributed by atoms with Crippen LogP contribution in [-0.4, -0.2) is 61.2 Å². The van der Waals surface area contributed by atoms with E-state index in [-0.39, 0.29) is 12.5 Å². The first-order chi connectivity index (χ1) is 10.6. The summed E-state index contributed by atoms with van der Waals surface area (Å²) in [6, 6.07) is 7.78. The third kappa shape index (κ3) is 4.71. The number of benzene rings is 1. The molecule has 1 aromatic rings. The molecule has 1 heterocycles. The Morgan fingerprint density at radius 3 is 2.50 bits per heavy atom. The number of piperidine rings is 1. The highest BCUT2D eigenvalue weighted by Crippen LogP contribution is 2.16. The van der Waals surface area contributed by atoms with Crippen LogP contribution >= 0.6 is 0 Å².